The molecule has 0 saturated heterocycles. The summed E-state index contributed by atoms with van der Waals surface area (Å²) < 4.78 is 13.0. The second kappa shape index (κ2) is 7.61. The van der Waals surface area contributed by atoms with Gasteiger partial charge in [0.2, 0.25) is 5.16 Å². The van der Waals surface area contributed by atoms with Crippen LogP contribution in [0.5, 0.6) is 0 Å². The number of Topliss-reactive ketones (excluding diaryl/α,β-unsaturated/α-hetero) is 1. The van der Waals surface area contributed by atoms with E-state index in [0.717, 1.165) is 12.0 Å². The Bertz CT molecular complexity index is 859. The van der Waals surface area contributed by atoms with E-state index in [0.29, 0.717) is 16.5 Å². The summed E-state index contributed by atoms with van der Waals surface area (Å²) in [6.45, 7) is 3.90. The van der Waals surface area contributed by atoms with Gasteiger partial charge in [0.1, 0.15) is 5.82 Å². The maximum Gasteiger partial charge on any atom is 0.209 e. The van der Waals surface area contributed by atoms with E-state index in [4.69, 9.17) is 0 Å². The number of nitrogens with one attached hydrogen (secondary N) is 1. The molecule has 3 aromatic rings. The molecule has 2 aromatic carbocycles. The maximum absolute atomic E-state index is 13.0. The number of benzene rings is 2. The summed E-state index contributed by atoms with van der Waals surface area (Å²) >= 11 is 1.28. The van der Waals surface area contributed by atoms with E-state index < -0.39 is 0 Å². The van der Waals surface area contributed by atoms with Crippen molar-refractivity contribution in [2.24, 2.45) is 0 Å². The van der Waals surface area contributed by atoms with E-state index in [9.17, 15) is 9.18 Å². The zero-order chi connectivity index (χ0) is 17.8. The zero-order valence-electron chi connectivity index (χ0n) is 14.0. The minimum absolute atomic E-state index is 0.0800. The van der Waals surface area contributed by atoms with E-state index >= 15 is 0 Å². The first-order valence-corrected chi connectivity index (χ1v) is 8.93. The molecule has 3 rings (SSSR count). The lowest BCUT2D eigenvalue weighted by atomic mass is 10.1. The molecule has 128 valence electrons. The van der Waals surface area contributed by atoms with Gasteiger partial charge in [0.05, 0.1) is 5.25 Å². The molecule has 1 atom stereocenters. The number of hydrogen-bond donors (Lipinski definition) is 1. The number of halogens is 1. The average molecular weight is 355 g/mol. The standard InChI is InChI=1S/C19H18FN3OS/c1-3-13-4-6-15(7-5-13)18-21-19(23-22-18)25-12(2)17(24)14-8-10-16(20)11-9-14/h4-12H,3H2,1-2H3,(H,21,22,23)/t12-/m0/s1. The van der Waals surface area contributed by atoms with Crippen molar-refractivity contribution in [3.05, 3.63) is 65.5 Å². The van der Waals surface area contributed by atoms with Gasteiger partial charge < -0.3 is 0 Å². The van der Waals surface area contributed by atoms with Crippen LogP contribution in [0.4, 0.5) is 4.39 Å². The van der Waals surface area contributed by atoms with Gasteiger partial charge in [0, 0.05) is 11.1 Å². The fourth-order valence-corrected chi connectivity index (χ4v) is 3.19. The largest absolute Gasteiger partial charge is 0.293 e. The van der Waals surface area contributed by atoms with Crippen molar-refractivity contribution in [1.29, 1.82) is 0 Å². The van der Waals surface area contributed by atoms with Crippen molar-refractivity contribution in [1.82, 2.24) is 15.2 Å². The van der Waals surface area contributed by atoms with Crippen LogP contribution in [0, 0.1) is 5.82 Å². The lowest BCUT2D eigenvalue weighted by Crippen LogP contribution is -2.13. The van der Waals surface area contributed by atoms with Crippen LogP contribution in [0.25, 0.3) is 11.4 Å². The summed E-state index contributed by atoms with van der Waals surface area (Å²) in [5.41, 5.74) is 2.69. The van der Waals surface area contributed by atoms with Crippen LogP contribution < -0.4 is 0 Å². The topological polar surface area (TPSA) is 58.6 Å². The number of aromatic amines is 1. The molecular formula is C19H18FN3OS. The van der Waals surface area contributed by atoms with E-state index in [1.54, 1.807) is 6.92 Å². The summed E-state index contributed by atoms with van der Waals surface area (Å²) in [5, 5.41) is 7.24. The highest BCUT2D eigenvalue weighted by atomic mass is 32.2. The Morgan fingerprint density at radius 1 is 1.16 bits per heavy atom. The van der Waals surface area contributed by atoms with Crippen molar-refractivity contribution in [3.8, 4) is 11.4 Å². The van der Waals surface area contributed by atoms with Crippen molar-refractivity contribution < 1.29 is 9.18 Å². The Morgan fingerprint density at radius 2 is 1.84 bits per heavy atom. The maximum atomic E-state index is 13.0. The number of H-pyrrole nitrogens is 1. The number of hydrogen-bond acceptors (Lipinski definition) is 4. The number of aromatic nitrogens is 3. The van der Waals surface area contributed by atoms with Gasteiger partial charge in [-0.2, -0.15) is 0 Å². The van der Waals surface area contributed by atoms with E-state index in [2.05, 4.69) is 34.2 Å². The van der Waals surface area contributed by atoms with Gasteiger partial charge >= 0.3 is 0 Å². The minimum atomic E-state index is -0.364. The summed E-state index contributed by atoms with van der Waals surface area (Å²) in [7, 11) is 0. The Balaban J connectivity index is 1.69. The first-order valence-electron chi connectivity index (χ1n) is 8.05. The lowest BCUT2D eigenvalue weighted by Gasteiger charge is -2.07. The molecule has 0 unspecified atom stereocenters. The first kappa shape index (κ1) is 17.4. The predicted molar refractivity (Wildman–Crippen MR) is 97.2 cm³/mol. The summed E-state index contributed by atoms with van der Waals surface area (Å²) in [4.78, 5) is 16.8. The summed E-state index contributed by atoms with van der Waals surface area (Å²) in [6, 6.07) is 13.7. The molecule has 4 nitrogen and oxygen atoms in total. The Labute approximate surface area is 149 Å². The molecular weight excluding hydrogens is 337 g/mol. The molecule has 0 bridgehead atoms. The molecule has 1 aromatic heterocycles. The molecule has 1 heterocycles. The van der Waals surface area contributed by atoms with Gasteiger partial charge in [-0.1, -0.05) is 43.0 Å². The summed E-state index contributed by atoms with van der Waals surface area (Å²) in [5.74, 6) is 0.236. The van der Waals surface area contributed by atoms with Crippen molar-refractivity contribution in [2.75, 3.05) is 0 Å². The SMILES string of the molecule is CCc1ccc(-c2nc(S[C@@H](C)C(=O)c3ccc(F)cc3)n[nH]2)cc1. The zero-order valence-corrected chi connectivity index (χ0v) is 14.8. The van der Waals surface area contributed by atoms with E-state index in [1.807, 2.05) is 12.1 Å². The van der Waals surface area contributed by atoms with Gasteiger partial charge in [-0.25, -0.2) is 9.37 Å². The van der Waals surface area contributed by atoms with Crippen LogP contribution in [0.15, 0.2) is 53.7 Å². The van der Waals surface area contributed by atoms with E-state index in [-0.39, 0.29) is 16.9 Å². The van der Waals surface area contributed by atoms with E-state index in [1.165, 1.54) is 41.6 Å². The van der Waals surface area contributed by atoms with Crippen molar-refractivity contribution in [3.63, 3.8) is 0 Å². The number of carbonyl (C=O) groups is 1. The van der Waals surface area contributed by atoms with Crippen LogP contribution in [0.2, 0.25) is 0 Å². The van der Waals surface area contributed by atoms with Crippen LogP contribution in [0.1, 0.15) is 29.8 Å². The highest BCUT2D eigenvalue weighted by molar-refractivity contribution is 8.00. The van der Waals surface area contributed by atoms with Crippen LogP contribution in [-0.2, 0) is 6.42 Å². The van der Waals surface area contributed by atoms with Crippen LogP contribution in [0.3, 0.4) is 0 Å². The third kappa shape index (κ3) is 4.14. The average Bonchev–Trinajstić information content (AvgIpc) is 3.10. The third-order valence-electron chi connectivity index (χ3n) is 3.88. The number of rotatable bonds is 6. The predicted octanol–water partition coefficient (Wildman–Crippen LogP) is 4.54. The molecule has 0 aliphatic rings. The number of aryl methyl sites for hydroxylation is 1. The van der Waals surface area contributed by atoms with Gasteiger partial charge in [-0.15, -0.1) is 5.10 Å². The fraction of sp³-hybridized carbons (Fsp3) is 0.211. The van der Waals surface area contributed by atoms with Gasteiger partial charge in [-0.05, 0) is 43.2 Å². The smallest absolute Gasteiger partial charge is 0.209 e. The van der Waals surface area contributed by atoms with Gasteiger partial charge in [0.15, 0.2) is 11.6 Å². The normalized spacial score (nSPS) is 12.1. The quantitative estimate of drug-likeness (QED) is 0.521. The van der Waals surface area contributed by atoms with Crippen LogP contribution >= 0.6 is 11.8 Å². The molecule has 25 heavy (non-hydrogen) atoms. The van der Waals surface area contributed by atoms with Crippen LogP contribution in [-0.4, -0.2) is 26.2 Å². The molecule has 6 heteroatoms. The molecule has 0 saturated carbocycles. The second-order valence-electron chi connectivity index (χ2n) is 5.65. The number of carbonyl (C=O) groups excluding carboxylic acids is 1. The van der Waals surface area contributed by atoms with Gasteiger partial charge in [-0.3, -0.25) is 9.89 Å². The Hall–Kier alpha value is -2.47. The molecule has 0 amide bonds. The molecule has 0 fully saturated rings. The molecule has 0 aliphatic heterocycles. The third-order valence-corrected chi connectivity index (χ3v) is 4.84. The Kier molecular flexibility index (Phi) is 5.28. The fourth-order valence-electron chi connectivity index (χ4n) is 2.39. The second-order valence-corrected chi connectivity index (χ2v) is 6.96. The molecule has 1 N–H and O–H groups in total. The highest BCUT2D eigenvalue weighted by Gasteiger charge is 2.19. The number of nitrogens with zero attached hydrogens (tertiary/aromatic N) is 2. The number of thioether (sulfide) groups is 1. The van der Waals surface area contributed by atoms with Crippen molar-refractivity contribution >= 4 is 17.5 Å². The van der Waals surface area contributed by atoms with Crippen molar-refractivity contribution in [2.45, 2.75) is 30.7 Å². The number of ketones is 1. The van der Waals surface area contributed by atoms with Gasteiger partial charge in [0.25, 0.3) is 0 Å². The monoisotopic (exact) mass is 355 g/mol. The lowest BCUT2D eigenvalue weighted by molar-refractivity contribution is 0.0994. The highest BCUT2D eigenvalue weighted by Crippen LogP contribution is 2.25. The minimum Gasteiger partial charge on any atom is -0.293 e. The summed E-state index contributed by atoms with van der Waals surface area (Å²) in [6.07, 6.45) is 0.987. The molecule has 0 spiro atoms. The Morgan fingerprint density at radius 3 is 2.48 bits per heavy atom. The molecule has 0 radical (unpaired) electrons. The molecule has 0 aliphatic carbocycles. The first-order chi connectivity index (χ1) is 12.1.